The molecule has 0 radical (unpaired) electrons. The fraction of sp³-hybridized carbons (Fsp3) is 0.111. The van der Waals surface area contributed by atoms with E-state index in [2.05, 4.69) is 122 Å². The summed E-state index contributed by atoms with van der Waals surface area (Å²) in [5, 5.41) is 4.32. The molecule has 0 aliphatic rings. The Morgan fingerprint density at radius 3 is 1.34 bits per heavy atom. The molecule has 4 aromatic rings. The van der Waals surface area contributed by atoms with E-state index in [0.29, 0.717) is 0 Å². The van der Waals surface area contributed by atoms with Gasteiger partial charge in [-0.25, -0.2) is 0 Å². The van der Waals surface area contributed by atoms with Crippen LogP contribution in [0.2, 0.25) is 0 Å². The third kappa shape index (κ3) is 4.45. The smallest absolute Gasteiger partial charge is 0.116 e. The van der Waals surface area contributed by atoms with Crippen LogP contribution in [-0.4, -0.2) is 0 Å². The third-order valence-corrected chi connectivity index (χ3v) is 9.79. The van der Waals surface area contributed by atoms with Crippen LogP contribution >= 0.6 is 7.26 Å². The van der Waals surface area contributed by atoms with Crippen LogP contribution in [-0.2, 0) is 12.6 Å². The SMILES string of the molecule is CCc1cccc(C[P+](c2ccccc2)(c2ccccc2)c2ccccc2)c1.[Cl-]. The lowest BCUT2D eigenvalue weighted by Gasteiger charge is -2.28. The van der Waals surface area contributed by atoms with E-state index in [1.807, 2.05) is 0 Å². The molecule has 0 saturated carbocycles. The number of aryl methyl sites for hydroxylation is 1. The molecule has 4 aromatic carbocycles. The van der Waals surface area contributed by atoms with Crippen LogP contribution in [0.1, 0.15) is 18.1 Å². The normalized spacial score (nSPS) is 10.9. The Bertz CT molecular complexity index is 917. The van der Waals surface area contributed by atoms with Gasteiger partial charge >= 0.3 is 0 Å². The second-order valence-corrected chi connectivity index (χ2v) is 10.6. The highest BCUT2D eigenvalue weighted by Crippen LogP contribution is 2.58. The number of hydrogen-bond acceptors (Lipinski definition) is 0. The minimum Gasteiger partial charge on any atom is -1.00 e. The van der Waals surface area contributed by atoms with Crippen LogP contribution in [0, 0.1) is 0 Å². The summed E-state index contributed by atoms with van der Waals surface area (Å²) in [6, 6.07) is 42.5. The van der Waals surface area contributed by atoms with E-state index >= 15 is 0 Å². The van der Waals surface area contributed by atoms with Crippen LogP contribution in [0.4, 0.5) is 0 Å². The van der Waals surface area contributed by atoms with Crippen LogP contribution in [0.15, 0.2) is 115 Å². The van der Waals surface area contributed by atoms with Crippen molar-refractivity contribution in [1.29, 1.82) is 0 Å². The predicted octanol–water partition coefficient (Wildman–Crippen LogP) is 2.75. The summed E-state index contributed by atoms with van der Waals surface area (Å²) in [5.41, 5.74) is 2.83. The van der Waals surface area contributed by atoms with Crippen LogP contribution in [0.5, 0.6) is 0 Å². The molecule has 0 heterocycles. The van der Waals surface area contributed by atoms with Crippen LogP contribution in [0.3, 0.4) is 0 Å². The lowest BCUT2D eigenvalue weighted by molar-refractivity contribution is -0.00000552. The number of benzene rings is 4. The Hall–Kier alpha value is -2.40. The van der Waals surface area contributed by atoms with Crippen molar-refractivity contribution in [2.45, 2.75) is 19.5 Å². The second kappa shape index (κ2) is 9.88. The van der Waals surface area contributed by atoms with Crippen molar-refractivity contribution in [3.63, 3.8) is 0 Å². The Morgan fingerprint density at radius 1 is 0.517 bits per heavy atom. The second-order valence-electron chi connectivity index (χ2n) is 7.15. The molecule has 0 aliphatic carbocycles. The van der Waals surface area contributed by atoms with Gasteiger partial charge in [0.1, 0.15) is 23.2 Å². The van der Waals surface area contributed by atoms with Gasteiger partial charge in [-0.3, -0.25) is 0 Å². The standard InChI is InChI=1S/C27H26P.ClH/c1-2-23-13-12-14-24(21-23)22-28(25-15-6-3-7-16-25,26-17-8-4-9-18-26)27-19-10-5-11-20-27;/h3-21H,2,22H2,1H3;1H/q+1;/p-1. The topological polar surface area (TPSA) is 0 Å². The van der Waals surface area contributed by atoms with Gasteiger partial charge in [0.05, 0.1) is 6.16 Å². The summed E-state index contributed by atoms with van der Waals surface area (Å²) in [7, 11) is -1.81. The van der Waals surface area contributed by atoms with Gasteiger partial charge in [0.2, 0.25) is 0 Å². The highest BCUT2D eigenvalue weighted by molar-refractivity contribution is 7.95. The number of halogens is 1. The minimum atomic E-state index is -1.81. The summed E-state index contributed by atoms with van der Waals surface area (Å²) < 4.78 is 0. The molecule has 0 nitrogen and oxygen atoms in total. The molecule has 0 aliphatic heterocycles. The molecule has 0 N–H and O–H groups in total. The molecular formula is C27H26ClP. The van der Waals surface area contributed by atoms with Gasteiger partial charge in [0.15, 0.2) is 0 Å². The molecule has 0 bridgehead atoms. The van der Waals surface area contributed by atoms with E-state index in [1.54, 1.807) is 0 Å². The Balaban J connectivity index is 0.00000240. The van der Waals surface area contributed by atoms with Gasteiger partial charge in [-0.1, -0.05) is 85.8 Å². The van der Waals surface area contributed by atoms with Gasteiger partial charge in [0.25, 0.3) is 0 Å². The summed E-state index contributed by atoms with van der Waals surface area (Å²) in [5.74, 6) is 0. The molecule has 4 rings (SSSR count). The first-order chi connectivity index (χ1) is 13.8. The predicted molar refractivity (Wildman–Crippen MR) is 125 cm³/mol. The first kappa shape index (κ1) is 21.3. The molecule has 0 amide bonds. The first-order valence-electron chi connectivity index (χ1n) is 9.95. The highest BCUT2D eigenvalue weighted by Gasteiger charge is 2.45. The highest BCUT2D eigenvalue weighted by atomic mass is 35.5. The maximum Gasteiger partial charge on any atom is 0.116 e. The molecule has 0 aromatic heterocycles. The molecule has 0 saturated heterocycles. The summed E-state index contributed by atoms with van der Waals surface area (Å²) in [6.45, 7) is 2.23. The Labute approximate surface area is 181 Å². The summed E-state index contributed by atoms with van der Waals surface area (Å²) in [4.78, 5) is 0. The van der Waals surface area contributed by atoms with Crippen molar-refractivity contribution in [1.82, 2.24) is 0 Å². The molecule has 29 heavy (non-hydrogen) atoms. The Morgan fingerprint density at radius 2 is 0.931 bits per heavy atom. The van der Waals surface area contributed by atoms with Crippen molar-refractivity contribution in [2.24, 2.45) is 0 Å². The van der Waals surface area contributed by atoms with E-state index < -0.39 is 7.26 Å². The van der Waals surface area contributed by atoms with Gasteiger partial charge in [0, 0.05) is 0 Å². The average molecular weight is 417 g/mol. The zero-order chi connectivity index (χ0) is 19.2. The van der Waals surface area contributed by atoms with E-state index in [-0.39, 0.29) is 12.4 Å². The van der Waals surface area contributed by atoms with E-state index in [1.165, 1.54) is 27.0 Å². The van der Waals surface area contributed by atoms with Crippen LogP contribution < -0.4 is 28.3 Å². The zero-order valence-corrected chi connectivity index (χ0v) is 18.4. The largest absolute Gasteiger partial charge is 1.00 e. The molecule has 0 unspecified atom stereocenters. The van der Waals surface area contributed by atoms with Crippen molar-refractivity contribution in [3.05, 3.63) is 126 Å². The van der Waals surface area contributed by atoms with Crippen molar-refractivity contribution in [2.75, 3.05) is 0 Å². The molecule has 0 fully saturated rings. The van der Waals surface area contributed by atoms with Gasteiger partial charge in [-0.15, -0.1) is 0 Å². The third-order valence-electron chi connectivity index (χ3n) is 5.41. The fourth-order valence-electron chi connectivity index (χ4n) is 3.99. The van der Waals surface area contributed by atoms with Crippen molar-refractivity contribution < 1.29 is 12.4 Å². The average Bonchev–Trinajstić information content (AvgIpc) is 2.79. The molecule has 0 spiro atoms. The van der Waals surface area contributed by atoms with Gasteiger partial charge in [-0.2, -0.15) is 0 Å². The lowest BCUT2D eigenvalue weighted by Crippen LogP contribution is -3.00. The maximum absolute atomic E-state index is 2.39. The van der Waals surface area contributed by atoms with Crippen molar-refractivity contribution in [3.8, 4) is 0 Å². The monoisotopic (exact) mass is 416 g/mol. The van der Waals surface area contributed by atoms with Crippen molar-refractivity contribution >= 4 is 23.2 Å². The maximum atomic E-state index is 2.39. The quantitative estimate of drug-likeness (QED) is 0.424. The molecule has 0 atom stereocenters. The summed E-state index contributed by atoms with van der Waals surface area (Å²) >= 11 is 0. The molecule has 146 valence electrons. The number of hydrogen-bond donors (Lipinski definition) is 0. The number of rotatable bonds is 6. The van der Waals surface area contributed by atoms with E-state index in [4.69, 9.17) is 0 Å². The first-order valence-corrected chi connectivity index (χ1v) is 11.9. The fourth-order valence-corrected chi connectivity index (χ4v) is 8.22. The van der Waals surface area contributed by atoms with Crippen LogP contribution in [0.25, 0.3) is 0 Å². The lowest BCUT2D eigenvalue weighted by atomic mass is 10.1. The Kier molecular flexibility index (Phi) is 7.26. The van der Waals surface area contributed by atoms with E-state index in [9.17, 15) is 0 Å². The molecular weight excluding hydrogens is 391 g/mol. The van der Waals surface area contributed by atoms with E-state index in [0.717, 1.165) is 12.6 Å². The summed E-state index contributed by atoms with van der Waals surface area (Å²) in [6.07, 6.45) is 2.11. The zero-order valence-electron chi connectivity index (χ0n) is 16.7. The molecule has 2 heteroatoms. The van der Waals surface area contributed by atoms with Gasteiger partial charge in [-0.05, 0) is 53.9 Å². The van der Waals surface area contributed by atoms with Gasteiger partial charge < -0.3 is 12.4 Å². The minimum absolute atomic E-state index is 0.